The Morgan fingerprint density at radius 2 is 1.95 bits per heavy atom. The van der Waals surface area contributed by atoms with E-state index in [1.807, 2.05) is 6.92 Å². The Kier molecular flexibility index (Phi) is 15.6. The smallest absolute Gasteiger partial charge is 0.373 e. The zero-order chi connectivity index (χ0) is 15.1. The van der Waals surface area contributed by atoms with Crippen LogP contribution in [0.1, 0.15) is 26.2 Å². The number of carbonyl (C=O) groups is 2. The lowest BCUT2D eigenvalue weighted by Crippen LogP contribution is -2.27. The van der Waals surface area contributed by atoms with Gasteiger partial charge in [-0.3, -0.25) is 9.59 Å². The Bertz CT molecular complexity index is 335. The van der Waals surface area contributed by atoms with E-state index in [0.717, 1.165) is 12.8 Å². The van der Waals surface area contributed by atoms with Crippen molar-refractivity contribution in [3.63, 3.8) is 0 Å². The summed E-state index contributed by atoms with van der Waals surface area (Å²) in [6.45, 7) is 2.90. The van der Waals surface area contributed by atoms with E-state index in [9.17, 15) is 9.59 Å². The highest BCUT2D eigenvalue weighted by Gasteiger charge is 2.07. The maximum absolute atomic E-state index is 11.4. The fourth-order valence-electron chi connectivity index (χ4n) is 0.981. The van der Waals surface area contributed by atoms with Gasteiger partial charge in [0, 0.05) is 26.2 Å². The first-order valence-corrected chi connectivity index (χ1v) is 6.49. The van der Waals surface area contributed by atoms with Gasteiger partial charge >= 0.3 is 6.15 Å². The number of rotatable bonds is 8. The van der Waals surface area contributed by atoms with Crippen molar-refractivity contribution >= 4 is 33.8 Å². The summed E-state index contributed by atoms with van der Waals surface area (Å²) in [5, 5.41) is 2.61. The van der Waals surface area contributed by atoms with Crippen LogP contribution < -0.4 is 5.32 Å². The van der Waals surface area contributed by atoms with Crippen molar-refractivity contribution in [1.29, 1.82) is 0 Å². The molecule has 1 N–H and O–H groups in total. The van der Waals surface area contributed by atoms with Gasteiger partial charge in [-0.25, -0.2) is 0 Å². The third-order valence-electron chi connectivity index (χ3n) is 1.87. The third-order valence-corrected chi connectivity index (χ3v) is 2.46. The van der Waals surface area contributed by atoms with E-state index in [1.54, 1.807) is 7.11 Å². The number of unbranched alkanes of at least 4 members (excludes halogenated alkanes) is 1. The molecule has 0 fully saturated rings. The van der Waals surface area contributed by atoms with Gasteiger partial charge in [0.2, 0.25) is 0 Å². The second-order valence-corrected chi connectivity index (χ2v) is 4.25. The van der Waals surface area contributed by atoms with E-state index in [0.29, 0.717) is 19.6 Å². The van der Waals surface area contributed by atoms with Crippen molar-refractivity contribution in [3.8, 4) is 0 Å². The highest BCUT2D eigenvalue weighted by Crippen LogP contribution is 2.07. The average molecular weight is 336 g/mol. The van der Waals surface area contributed by atoms with E-state index >= 15 is 0 Å². The summed E-state index contributed by atoms with van der Waals surface area (Å²) in [6.07, 6.45) is 3.88. The van der Waals surface area contributed by atoms with Crippen LogP contribution in [0.4, 0.5) is 0 Å². The molecule has 0 aliphatic carbocycles. The predicted octanol–water partition coefficient (Wildman–Crippen LogP) is 1.20. The number of hydrogen-bond donors (Lipinski definition) is 1. The molecule has 0 bridgehead atoms. The van der Waals surface area contributed by atoms with E-state index in [-0.39, 0.29) is 22.3 Å². The monoisotopic (exact) mass is 335 g/mol. The van der Waals surface area contributed by atoms with Crippen LogP contribution in [-0.2, 0) is 23.9 Å². The van der Waals surface area contributed by atoms with Crippen LogP contribution in [0.5, 0.6) is 0 Å². The van der Waals surface area contributed by atoms with Crippen molar-refractivity contribution in [3.05, 3.63) is 10.6 Å². The molecule has 0 saturated carbocycles. The first-order valence-electron chi connectivity index (χ1n) is 5.69. The summed E-state index contributed by atoms with van der Waals surface area (Å²) < 4.78 is 5.06. The first-order chi connectivity index (χ1) is 9.03. The van der Waals surface area contributed by atoms with Gasteiger partial charge in [-0.2, -0.15) is 9.59 Å². The van der Waals surface area contributed by atoms with Crippen LogP contribution in [0.25, 0.3) is 0 Å². The number of allylic oxidation sites excluding steroid dienone is 1. The zero-order valence-corrected chi connectivity index (χ0v) is 12.6. The van der Waals surface area contributed by atoms with E-state index in [1.165, 1.54) is 6.08 Å². The van der Waals surface area contributed by atoms with Crippen LogP contribution in [0.2, 0.25) is 0 Å². The molecule has 0 atom stereocenters. The van der Waals surface area contributed by atoms with Gasteiger partial charge in [0.05, 0.1) is 11.1 Å². The molecule has 108 valence electrons. The van der Waals surface area contributed by atoms with E-state index < -0.39 is 0 Å². The summed E-state index contributed by atoms with van der Waals surface area (Å²) in [5.41, 5.74) is 0. The number of methoxy groups -OCH3 is 1. The Hall–Kier alpha value is -1.30. The van der Waals surface area contributed by atoms with Gasteiger partial charge < -0.3 is 10.1 Å². The van der Waals surface area contributed by atoms with Gasteiger partial charge in [-0.15, -0.1) is 0 Å². The van der Waals surface area contributed by atoms with Crippen molar-refractivity contribution in [2.75, 3.05) is 20.3 Å². The van der Waals surface area contributed by atoms with Gasteiger partial charge in [-0.05, 0) is 22.4 Å². The Balaban J connectivity index is 0. The Morgan fingerprint density at radius 3 is 2.42 bits per heavy atom. The van der Waals surface area contributed by atoms with Crippen molar-refractivity contribution < 1.29 is 23.9 Å². The molecule has 19 heavy (non-hydrogen) atoms. The van der Waals surface area contributed by atoms with E-state index in [2.05, 4.69) is 21.2 Å². The van der Waals surface area contributed by atoms with Crippen LogP contribution in [0, 0.1) is 0 Å². The summed E-state index contributed by atoms with van der Waals surface area (Å²) in [6, 6.07) is 0. The fourth-order valence-corrected chi connectivity index (χ4v) is 1.38. The Morgan fingerprint density at radius 1 is 1.37 bits per heavy atom. The highest BCUT2D eigenvalue weighted by atomic mass is 79.9. The number of ketones is 1. The number of ether oxygens (including phenoxy) is 1. The van der Waals surface area contributed by atoms with Crippen LogP contribution >= 0.6 is 15.9 Å². The molecule has 7 heteroatoms. The summed E-state index contributed by atoms with van der Waals surface area (Å²) >= 11 is 3.08. The molecule has 0 aromatic rings. The number of hydrogen-bond acceptors (Lipinski definition) is 5. The largest absolute Gasteiger partial charge is 0.383 e. The molecule has 0 rings (SSSR count). The van der Waals surface area contributed by atoms with Crippen LogP contribution in [0.3, 0.4) is 0 Å². The first kappa shape index (κ1) is 20.0. The quantitative estimate of drug-likeness (QED) is 0.531. The maximum atomic E-state index is 11.4. The molecule has 0 unspecified atom stereocenters. The molecule has 1 amide bonds. The number of halogens is 1. The molecule has 0 aliphatic heterocycles. The molecule has 0 aliphatic rings. The minimum absolute atomic E-state index is 0.0318. The lowest BCUT2D eigenvalue weighted by Gasteiger charge is -2.03. The molecule has 0 radical (unpaired) electrons. The summed E-state index contributed by atoms with van der Waals surface area (Å²) in [5.74, 6) is -0.322. The maximum Gasteiger partial charge on any atom is 0.373 e. The van der Waals surface area contributed by atoms with Gasteiger partial charge in [0.1, 0.15) is 0 Å². The van der Waals surface area contributed by atoms with Crippen molar-refractivity contribution in [2.24, 2.45) is 0 Å². The minimum Gasteiger partial charge on any atom is -0.383 e. The second kappa shape index (κ2) is 14.8. The molecule has 0 aromatic heterocycles. The number of nitrogens with one attached hydrogen (secondary N) is 1. The number of amides is 1. The lowest BCUT2D eigenvalue weighted by atomic mass is 10.2. The normalized spacial score (nSPS) is 9.95. The molecule has 0 heterocycles. The topological polar surface area (TPSA) is 89.5 Å². The van der Waals surface area contributed by atoms with Gasteiger partial charge in [-0.1, -0.05) is 13.3 Å². The molecule has 0 saturated heterocycles. The highest BCUT2D eigenvalue weighted by molar-refractivity contribution is 9.12. The van der Waals surface area contributed by atoms with Gasteiger partial charge in [0.25, 0.3) is 5.91 Å². The summed E-state index contributed by atoms with van der Waals surface area (Å²) in [7, 11) is 1.56. The fraction of sp³-hybridized carbons (Fsp3) is 0.583. The van der Waals surface area contributed by atoms with Crippen molar-refractivity contribution in [2.45, 2.75) is 26.2 Å². The molecule has 0 aromatic carbocycles. The van der Waals surface area contributed by atoms with E-state index in [4.69, 9.17) is 14.3 Å². The number of carbonyl (C=O) groups excluding carboxylic acids is 4. The average Bonchev–Trinajstić information content (AvgIpc) is 2.37. The lowest BCUT2D eigenvalue weighted by molar-refractivity contribution is -0.191. The predicted molar refractivity (Wildman–Crippen MR) is 71.4 cm³/mol. The summed E-state index contributed by atoms with van der Waals surface area (Å²) in [4.78, 5) is 39.0. The van der Waals surface area contributed by atoms with Crippen LogP contribution in [0.15, 0.2) is 10.6 Å². The SMILES string of the molecule is CCCCC(=O)/C=C(\Br)C(=O)NCCOC.O=C=O. The van der Waals surface area contributed by atoms with Crippen molar-refractivity contribution in [1.82, 2.24) is 5.32 Å². The standard InChI is InChI=1S/C11H18BrNO3.CO2/c1-3-4-5-9(14)8-10(12)11(15)13-6-7-16-2;2-1-3/h8H,3-7H2,1-2H3,(H,13,15);/b10-8-;. The molecular formula is C12H18BrNO5. The zero-order valence-electron chi connectivity index (χ0n) is 11.0. The third kappa shape index (κ3) is 14.6. The molecule has 6 nitrogen and oxygen atoms in total. The Labute approximate surface area is 120 Å². The minimum atomic E-state index is -0.290. The van der Waals surface area contributed by atoms with Crippen LogP contribution in [-0.4, -0.2) is 38.1 Å². The molecule has 0 spiro atoms. The second-order valence-electron chi connectivity index (χ2n) is 3.39. The molecular weight excluding hydrogens is 318 g/mol. The van der Waals surface area contributed by atoms with Gasteiger partial charge in [0.15, 0.2) is 5.78 Å².